The second-order valence-corrected chi connectivity index (χ2v) is 6.09. The topological polar surface area (TPSA) is 20.2 Å². The standard InChI is InChI=1S/C12H6F19O/c1-3(32)2-4(13,14)6(16,17)8(20,21)10(24,25)9(22,23)7(18,19)5(15,11(26,27)28)12(29,30)31/h3,32H,1-2H2. The molecule has 1 radical (unpaired) electrons. The number of aliphatic hydroxyl groups excluding tert-OH is 1. The molecule has 1 N–H and O–H groups in total. The Morgan fingerprint density at radius 2 is 0.719 bits per heavy atom. The maximum Gasteiger partial charge on any atom is 0.438 e. The Hall–Kier alpha value is -1.37. The summed E-state index contributed by atoms with van der Waals surface area (Å²) in [4.78, 5) is 0. The fourth-order valence-electron chi connectivity index (χ4n) is 1.98. The van der Waals surface area contributed by atoms with Crippen molar-refractivity contribution in [3.63, 3.8) is 0 Å². The van der Waals surface area contributed by atoms with Gasteiger partial charge >= 0.3 is 53.6 Å². The van der Waals surface area contributed by atoms with Crippen LogP contribution >= 0.6 is 0 Å². The van der Waals surface area contributed by atoms with Crippen LogP contribution in [0.3, 0.4) is 0 Å². The van der Waals surface area contributed by atoms with Gasteiger partial charge in [0, 0.05) is 6.42 Å². The van der Waals surface area contributed by atoms with E-state index in [1.165, 1.54) is 0 Å². The molecule has 0 amide bonds. The van der Waals surface area contributed by atoms with Crippen molar-refractivity contribution >= 4 is 0 Å². The number of hydrogen-bond donors (Lipinski definition) is 1. The van der Waals surface area contributed by atoms with Gasteiger partial charge in [-0.15, -0.1) is 0 Å². The highest BCUT2D eigenvalue weighted by Crippen LogP contribution is 2.66. The Morgan fingerprint density at radius 1 is 0.469 bits per heavy atom. The van der Waals surface area contributed by atoms with E-state index in [1.54, 1.807) is 0 Å². The van der Waals surface area contributed by atoms with E-state index in [1.807, 2.05) is 0 Å². The third-order valence-corrected chi connectivity index (χ3v) is 3.74. The van der Waals surface area contributed by atoms with E-state index < -0.39 is 66.1 Å². The van der Waals surface area contributed by atoms with Gasteiger partial charge in [-0.05, 0) is 6.92 Å². The van der Waals surface area contributed by atoms with Gasteiger partial charge < -0.3 is 5.11 Å². The molecule has 1 atom stereocenters. The van der Waals surface area contributed by atoms with E-state index in [0.29, 0.717) is 0 Å². The molecule has 0 saturated heterocycles. The molecule has 20 heteroatoms. The van der Waals surface area contributed by atoms with Gasteiger partial charge in [-0.1, -0.05) is 0 Å². The molecule has 0 aromatic heterocycles. The molecular weight excluding hydrogens is 521 g/mol. The third-order valence-electron chi connectivity index (χ3n) is 3.74. The maximum absolute atomic E-state index is 13.4. The first kappa shape index (κ1) is 30.6. The fourth-order valence-corrected chi connectivity index (χ4v) is 1.98. The van der Waals surface area contributed by atoms with Gasteiger partial charge in [0.2, 0.25) is 0 Å². The Balaban J connectivity index is 7.04. The van der Waals surface area contributed by atoms with Crippen LogP contribution in [-0.4, -0.2) is 64.8 Å². The lowest BCUT2D eigenvalue weighted by atomic mass is 9.83. The Bertz CT molecular complexity index is 655. The minimum Gasteiger partial charge on any atom is -0.393 e. The molecule has 193 valence electrons. The summed E-state index contributed by atoms with van der Waals surface area (Å²) in [6.07, 6.45) is -22.7. The van der Waals surface area contributed by atoms with Gasteiger partial charge in [0.1, 0.15) is 0 Å². The maximum atomic E-state index is 13.4. The summed E-state index contributed by atoms with van der Waals surface area (Å²) in [6, 6.07) is 0. The van der Waals surface area contributed by atoms with Crippen molar-refractivity contribution in [1.29, 1.82) is 0 Å². The second-order valence-electron chi connectivity index (χ2n) is 6.09. The normalized spacial score (nSPS) is 17.5. The summed E-state index contributed by atoms with van der Waals surface area (Å²) in [6.45, 7) is 2.10. The highest BCUT2D eigenvalue weighted by molar-refractivity contribution is 5.19. The third kappa shape index (κ3) is 3.82. The van der Waals surface area contributed by atoms with Crippen LogP contribution in [-0.2, 0) is 0 Å². The Labute approximate surface area is 163 Å². The minimum atomic E-state index is -9.04. The zero-order valence-corrected chi connectivity index (χ0v) is 14.1. The van der Waals surface area contributed by atoms with Gasteiger partial charge in [0.15, 0.2) is 0 Å². The molecule has 0 rings (SSSR count). The van der Waals surface area contributed by atoms with Crippen LogP contribution < -0.4 is 0 Å². The van der Waals surface area contributed by atoms with Crippen LogP contribution in [0, 0.1) is 6.92 Å². The molecule has 0 aliphatic heterocycles. The zero-order chi connectivity index (χ0) is 26.8. The van der Waals surface area contributed by atoms with E-state index in [9.17, 15) is 83.4 Å². The fraction of sp³-hybridized carbons (Fsp3) is 0.917. The van der Waals surface area contributed by atoms with E-state index in [4.69, 9.17) is 5.11 Å². The first-order valence-electron chi connectivity index (χ1n) is 7.02. The summed E-state index contributed by atoms with van der Waals surface area (Å²) in [7, 11) is 0. The molecular formula is C12H6F19O. The van der Waals surface area contributed by atoms with E-state index in [-0.39, 0.29) is 0 Å². The largest absolute Gasteiger partial charge is 0.438 e. The molecule has 0 aliphatic carbocycles. The zero-order valence-electron chi connectivity index (χ0n) is 14.1. The molecule has 0 spiro atoms. The molecule has 32 heavy (non-hydrogen) atoms. The van der Waals surface area contributed by atoms with Crippen molar-refractivity contribution in [2.24, 2.45) is 0 Å². The smallest absolute Gasteiger partial charge is 0.393 e. The SMILES string of the molecule is [CH2]C(O)CC(F)(F)C(F)(F)C(F)(F)C(F)(F)C(F)(F)C(F)(F)C(F)(C(F)(F)F)C(F)(F)F. The summed E-state index contributed by atoms with van der Waals surface area (Å²) in [5, 5.41) is 8.37. The van der Waals surface area contributed by atoms with Crippen LogP contribution in [0.4, 0.5) is 83.4 Å². The van der Waals surface area contributed by atoms with Crippen LogP contribution in [0.2, 0.25) is 0 Å². The van der Waals surface area contributed by atoms with E-state index in [0.717, 1.165) is 0 Å². The lowest BCUT2D eigenvalue weighted by Crippen LogP contribution is -2.77. The molecule has 0 heterocycles. The minimum absolute atomic E-state index is 2.10. The van der Waals surface area contributed by atoms with Crippen molar-refractivity contribution in [3.8, 4) is 0 Å². The number of halogens is 19. The summed E-state index contributed by atoms with van der Waals surface area (Å²) < 4.78 is 246. The summed E-state index contributed by atoms with van der Waals surface area (Å²) in [5.74, 6) is -50.2. The molecule has 1 nitrogen and oxygen atoms in total. The van der Waals surface area contributed by atoms with Crippen LogP contribution in [0.25, 0.3) is 0 Å². The predicted molar refractivity (Wildman–Crippen MR) is 61.6 cm³/mol. The molecule has 0 saturated carbocycles. The van der Waals surface area contributed by atoms with E-state index >= 15 is 0 Å². The second kappa shape index (κ2) is 7.57. The van der Waals surface area contributed by atoms with E-state index in [2.05, 4.69) is 6.92 Å². The average Bonchev–Trinajstić information content (AvgIpc) is 2.49. The van der Waals surface area contributed by atoms with Gasteiger partial charge in [-0.25, -0.2) is 4.39 Å². The molecule has 0 fully saturated rings. The molecule has 0 aliphatic rings. The van der Waals surface area contributed by atoms with Crippen molar-refractivity contribution in [3.05, 3.63) is 6.92 Å². The number of alkyl halides is 19. The van der Waals surface area contributed by atoms with Crippen LogP contribution in [0.15, 0.2) is 0 Å². The van der Waals surface area contributed by atoms with Crippen molar-refractivity contribution in [1.82, 2.24) is 0 Å². The Morgan fingerprint density at radius 3 is 0.969 bits per heavy atom. The first-order valence-corrected chi connectivity index (χ1v) is 7.02. The first-order chi connectivity index (χ1) is 13.4. The number of aliphatic hydroxyl groups is 1. The Kier molecular flexibility index (Phi) is 7.25. The number of rotatable bonds is 8. The number of hydrogen-bond acceptors (Lipinski definition) is 1. The van der Waals surface area contributed by atoms with Crippen LogP contribution in [0.1, 0.15) is 6.42 Å². The molecule has 0 bridgehead atoms. The van der Waals surface area contributed by atoms with Gasteiger partial charge in [0.25, 0.3) is 0 Å². The summed E-state index contributed by atoms with van der Waals surface area (Å²) in [5.41, 5.74) is -8.75. The molecule has 1 unspecified atom stereocenters. The quantitative estimate of drug-likeness (QED) is 0.372. The van der Waals surface area contributed by atoms with Crippen molar-refractivity contribution in [2.75, 3.05) is 0 Å². The lowest BCUT2D eigenvalue weighted by Gasteiger charge is -2.45. The van der Waals surface area contributed by atoms with Crippen LogP contribution in [0.5, 0.6) is 0 Å². The summed E-state index contributed by atoms with van der Waals surface area (Å²) >= 11 is 0. The van der Waals surface area contributed by atoms with Gasteiger partial charge in [-0.2, -0.15) is 79.0 Å². The lowest BCUT2D eigenvalue weighted by molar-refractivity contribution is -0.472. The van der Waals surface area contributed by atoms with Crippen molar-refractivity contribution in [2.45, 2.75) is 66.1 Å². The highest BCUT2D eigenvalue weighted by atomic mass is 19.4. The van der Waals surface area contributed by atoms with Crippen molar-refractivity contribution < 1.29 is 88.5 Å². The highest BCUT2D eigenvalue weighted by Gasteiger charge is 2.98. The average molecular weight is 527 g/mol. The molecule has 0 aromatic carbocycles. The molecule has 0 aromatic rings. The van der Waals surface area contributed by atoms with Gasteiger partial charge in [-0.3, -0.25) is 0 Å². The predicted octanol–water partition coefficient (Wildman–Crippen LogP) is 6.22. The van der Waals surface area contributed by atoms with Gasteiger partial charge in [0.05, 0.1) is 6.10 Å². The monoisotopic (exact) mass is 527 g/mol.